The Labute approximate surface area is 131 Å². The third-order valence-corrected chi connectivity index (χ3v) is 3.54. The summed E-state index contributed by atoms with van der Waals surface area (Å²) in [5.41, 5.74) is 3.60. The van der Waals surface area contributed by atoms with E-state index in [2.05, 4.69) is 21.4 Å². The fraction of sp³-hybridized carbons (Fsp3) is 0.412. The molecule has 1 aromatic carbocycles. The Morgan fingerprint density at radius 1 is 1.27 bits per heavy atom. The van der Waals surface area contributed by atoms with Gasteiger partial charge in [0.25, 0.3) is 5.91 Å². The average molecular weight is 301 g/mol. The smallest absolute Gasteiger partial charge is 0.257 e. The van der Waals surface area contributed by atoms with Crippen LogP contribution in [0.25, 0.3) is 0 Å². The van der Waals surface area contributed by atoms with Gasteiger partial charge in [0.1, 0.15) is 11.3 Å². The SMILES string of the molecule is CCc1noc(C)c1C(=O)NCc1ccccc1CN(C)C. The first-order valence-electron chi connectivity index (χ1n) is 7.47. The lowest BCUT2D eigenvalue weighted by Crippen LogP contribution is -2.25. The van der Waals surface area contributed by atoms with Crippen LogP contribution in [0.15, 0.2) is 28.8 Å². The molecule has 1 heterocycles. The minimum Gasteiger partial charge on any atom is -0.361 e. The number of hydrogen-bond acceptors (Lipinski definition) is 4. The molecule has 0 fully saturated rings. The van der Waals surface area contributed by atoms with Gasteiger partial charge in [-0.15, -0.1) is 0 Å². The summed E-state index contributed by atoms with van der Waals surface area (Å²) < 4.78 is 5.12. The number of aryl methyl sites for hydroxylation is 2. The van der Waals surface area contributed by atoms with Crippen molar-refractivity contribution in [2.45, 2.75) is 33.4 Å². The van der Waals surface area contributed by atoms with Crippen LogP contribution < -0.4 is 5.32 Å². The number of nitrogens with zero attached hydrogens (tertiary/aromatic N) is 2. The van der Waals surface area contributed by atoms with Gasteiger partial charge >= 0.3 is 0 Å². The molecule has 0 atom stereocenters. The van der Waals surface area contributed by atoms with Gasteiger partial charge in [0, 0.05) is 13.1 Å². The summed E-state index contributed by atoms with van der Waals surface area (Å²) >= 11 is 0. The van der Waals surface area contributed by atoms with Crippen LogP contribution in [0.5, 0.6) is 0 Å². The summed E-state index contributed by atoms with van der Waals surface area (Å²) in [4.78, 5) is 14.5. The molecule has 1 aromatic heterocycles. The molecule has 0 saturated carbocycles. The number of rotatable bonds is 6. The largest absolute Gasteiger partial charge is 0.361 e. The van der Waals surface area contributed by atoms with E-state index < -0.39 is 0 Å². The van der Waals surface area contributed by atoms with Crippen LogP contribution >= 0.6 is 0 Å². The van der Waals surface area contributed by atoms with Gasteiger partial charge in [-0.1, -0.05) is 36.3 Å². The number of amides is 1. The molecule has 0 aliphatic heterocycles. The second kappa shape index (κ2) is 7.22. The monoisotopic (exact) mass is 301 g/mol. The molecule has 0 aliphatic rings. The number of carbonyl (C=O) groups excluding carboxylic acids is 1. The van der Waals surface area contributed by atoms with E-state index in [0.29, 0.717) is 30.0 Å². The zero-order chi connectivity index (χ0) is 16.1. The second-order valence-corrected chi connectivity index (χ2v) is 5.60. The summed E-state index contributed by atoms with van der Waals surface area (Å²) in [7, 11) is 4.06. The van der Waals surface area contributed by atoms with Crippen LogP contribution in [0.2, 0.25) is 0 Å². The van der Waals surface area contributed by atoms with Gasteiger partial charge in [0.15, 0.2) is 0 Å². The molecule has 118 valence electrons. The molecule has 0 saturated heterocycles. The van der Waals surface area contributed by atoms with Crippen molar-refractivity contribution in [3.8, 4) is 0 Å². The lowest BCUT2D eigenvalue weighted by atomic mass is 10.1. The van der Waals surface area contributed by atoms with Gasteiger partial charge in [0.2, 0.25) is 0 Å². The third kappa shape index (κ3) is 3.74. The van der Waals surface area contributed by atoms with Crippen LogP contribution in [0, 0.1) is 6.92 Å². The average Bonchev–Trinajstić information content (AvgIpc) is 2.86. The number of aromatic nitrogens is 1. The Balaban J connectivity index is 2.10. The van der Waals surface area contributed by atoms with Crippen molar-refractivity contribution in [3.05, 3.63) is 52.4 Å². The summed E-state index contributed by atoms with van der Waals surface area (Å²) in [5, 5.41) is 6.90. The van der Waals surface area contributed by atoms with E-state index in [1.807, 2.05) is 39.2 Å². The number of nitrogens with one attached hydrogen (secondary N) is 1. The Bertz CT molecular complexity index is 647. The maximum Gasteiger partial charge on any atom is 0.257 e. The number of carbonyl (C=O) groups is 1. The lowest BCUT2D eigenvalue weighted by Gasteiger charge is -2.14. The minimum absolute atomic E-state index is 0.129. The predicted molar refractivity (Wildman–Crippen MR) is 85.6 cm³/mol. The van der Waals surface area contributed by atoms with Crippen LogP contribution in [-0.4, -0.2) is 30.1 Å². The molecule has 5 heteroatoms. The first kappa shape index (κ1) is 16.2. The molecular weight excluding hydrogens is 278 g/mol. The van der Waals surface area contributed by atoms with Crippen molar-refractivity contribution in [3.63, 3.8) is 0 Å². The van der Waals surface area contributed by atoms with E-state index in [-0.39, 0.29) is 5.91 Å². The summed E-state index contributed by atoms with van der Waals surface area (Å²) in [5.74, 6) is 0.436. The Morgan fingerprint density at radius 3 is 2.59 bits per heavy atom. The van der Waals surface area contributed by atoms with Crippen molar-refractivity contribution in [1.82, 2.24) is 15.4 Å². The fourth-order valence-corrected chi connectivity index (χ4v) is 2.44. The van der Waals surface area contributed by atoms with E-state index in [0.717, 1.165) is 12.1 Å². The van der Waals surface area contributed by atoms with Crippen molar-refractivity contribution in [1.29, 1.82) is 0 Å². The number of hydrogen-bond donors (Lipinski definition) is 1. The Morgan fingerprint density at radius 2 is 1.95 bits per heavy atom. The fourth-order valence-electron chi connectivity index (χ4n) is 2.44. The summed E-state index contributed by atoms with van der Waals surface area (Å²) in [6.07, 6.45) is 0.678. The zero-order valence-corrected chi connectivity index (χ0v) is 13.6. The van der Waals surface area contributed by atoms with Crippen LogP contribution in [0.1, 0.15) is 39.9 Å². The molecule has 5 nitrogen and oxygen atoms in total. The molecule has 2 aromatic rings. The van der Waals surface area contributed by atoms with Crippen molar-refractivity contribution in [2.24, 2.45) is 0 Å². The molecule has 0 aliphatic carbocycles. The second-order valence-electron chi connectivity index (χ2n) is 5.60. The molecular formula is C17H23N3O2. The molecule has 0 spiro atoms. The molecule has 22 heavy (non-hydrogen) atoms. The van der Waals surface area contributed by atoms with E-state index in [9.17, 15) is 4.79 Å². The minimum atomic E-state index is -0.129. The van der Waals surface area contributed by atoms with Crippen LogP contribution in [-0.2, 0) is 19.5 Å². The molecule has 0 unspecified atom stereocenters. The standard InChI is InChI=1S/C17H23N3O2/c1-5-15-16(12(2)22-19-15)17(21)18-10-13-8-6-7-9-14(13)11-20(3)4/h6-9H,5,10-11H2,1-4H3,(H,18,21). The number of benzene rings is 1. The van der Waals surface area contributed by atoms with E-state index in [1.54, 1.807) is 6.92 Å². The normalized spacial score (nSPS) is 11.0. The van der Waals surface area contributed by atoms with Crippen molar-refractivity contribution >= 4 is 5.91 Å². The Kier molecular flexibility index (Phi) is 5.33. The van der Waals surface area contributed by atoms with E-state index in [4.69, 9.17) is 4.52 Å². The quantitative estimate of drug-likeness (QED) is 0.891. The molecule has 0 radical (unpaired) electrons. The molecule has 1 amide bonds. The van der Waals surface area contributed by atoms with Crippen molar-refractivity contribution < 1.29 is 9.32 Å². The molecule has 0 bridgehead atoms. The highest BCUT2D eigenvalue weighted by molar-refractivity contribution is 5.96. The highest BCUT2D eigenvalue weighted by atomic mass is 16.5. The topological polar surface area (TPSA) is 58.4 Å². The van der Waals surface area contributed by atoms with Crippen LogP contribution in [0.4, 0.5) is 0 Å². The van der Waals surface area contributed by atoms with Gasteiger partial charge in [-0.2, -0.15) is 0 Å². The predicted octanol–water partition coefficient (Wildman–Crippen LogP) is 2.54. The maximum atomic E-state index is 12.4. The van der Waals surface area contributed by atoms with Gasteiger partial charge in [-0.05, 0) is 38.6 Å². The van der Waals surface area contributed by atoms with Gasteiger partial charge in [-0.3, -0.25) is 4.79 Å². The van der Waals surface area contributed by atoms with E-state index >= 15 is 0 Å². The lowest BCUT2D eigenvalue weighted by molar-refractivity contribution is 0.0948. The van der Waals surface area contributed by atoms with Crippen molar-refractivity contribution in [2.75, 3.05) is 14.1 Å². The zero-order valence-electron chi connectivity index (χ0n) is 13.6. The van der Waals surface area contributed by atoms with E-state index in [1.165, 1.54) is 5.56 Å². The first-order chi connectivity index (χ1) is 10.5. The van der Waals surface area contributed by atoms with Gasteiger partial charge in [-0.25, -0.2) is 0 Å². The molecule has 2 rings (SSSR count). The third-order valence-electron chi connectivity index (χ3n) is 3.54. The highest BCUT2D eigenvalue weighted by Gasteiger charge is 2.19. The molecule has 1 N–H and O–H groups in total. The maximum absolute atomic E-state index is 12.4. The first-order valence-corrected chi connectivity index (χ1v) is 7.47. The summed E-state index contributed by atoms with van der Waals surface area (Å²) in [6.45, 7) is 5.07. The van der Waals surface area contributed by atoms with Crippen LogP contribution in [0.3, 0.4) is 0 Å². The Hall–Kier alpha value is -2.14. The van der Waals surface area contributed by atoms with Gasteiger partial charge in [0.05, 0.1) is 5.69 Å². The highest BCUT2D eigenvalue weighted by Crippen LogP contribution is 2.15. The van der Waals surface area contributed by atoms with Gasteiger partial charge < -0.3 is 14.7 Å². The summed E-state index contributed by atoms with van der Waals surface area (Å²) in [6, 6.07) is 8.14.